The van der Waals surface area contributed by atoms with Crippen molar-refractivity contribution in [3.8, 4) is 6.07 Å². The van der Waals surface area contributed by atoms with Gasteiger partial charge < -0.3 is 4.74 Å². The molecule has 1 aliphatic rings. The Kier molecular flexibility index (Phi) is 2.65. The zero-order valence-electron chi connectivity index (χ0n) is 8.73. The van der Waals surface area contributed by atoms with Crippen LogP contribution in [0.15, 0.2) is 12.4 Å². The van der Waals surface area contributed by atoms with Crippen molar-refractivity contribution in [2.45, 2.75) is 25.2 Å². The summed E-state index contributed by atoms with van der Waals surface area (Å²) in [5.41, 5.74) is 0.335. The normalized spacial score (nSPS) is 25.9. The van der Waals surface area contributed by atoms with Crippen LogP contribution in [-0.4, -0.2) is 23.2 Å². The van der Waals surface area contributed by atoms with Crippen LogP contribution in [0.3, 0.4) is 0 Å². The smallest absolute Gasteiger partial charge is 0.125 e. The summed E-state index contributed by atoms with van der Waals surface area (Å²) in [5.74, 6) is 0.726. The first-order chi connectivity index (χ1) is 7.27. The lowest BCUT2D eigenvalue weighted by Crippen LogP contribution is -2.34. The number of nitriles is 1. The average molecular weight is 203 g/mol. The Bertz CT molecular complexity index is 374. The maximum absolute atomic E-state index is 9.28. The standard InChI is InChI=1S/C11H13N3O/c1-9-13-5-10(6-14-9)11(7-12)3-2-4-15-8-11/h5-6H,2-4,8H2,1H3/t11-/m0/s1. The molecular formula is C11H13N3O. The van der Waals surface area contributed by atoms with E-state index in [1.807, 2.05) is 6.92 Å². The Morgan fingerprint density at radius 1 is 1.47 bits per heavy atom. The first kappa shape index (κ1) is 10.1. The lowest BCUT2D eigenvalue weighted by atomic mass is 9.79. The van der Waals surface area contributed by atoms with Gasteiger partial charge in [-0.25, -0.2) is 9.97 Å². The minimum atomic E-state index is -0.536. The largest absolute Gasteiger partial charge is 0.379 e. The maximum Gasteiger partial charge on any atom is 0.125 e. The predicted molar refractivity (Wildman–Crippen MR) is 54.1 cm³/mol. The van der Waals surface area contributed by atoms with E-state index in [0.717, 1.165) is 30.8 Å². The molecule has 1 fully saturated rings. The minimum Gasteiger partial charge on any atom is -0.379 e. The number of aromatic nitrogens is 2. The second kappa shape index (κ2) is 3.95. The topological polar surface area (TPSA) is 58.8 Å². The molecule has 4 nitrogen and oxygen atoms in total. The van der Waals surface area contributed by atoms with Crippen LogP contribution >= 0.6 is 0 Å². The van der Waals surface area contributed by atoms with E-state index in [4.69, 9.17) is 4.74 Å². The van der Waals surface area contributed by atoms with Crippen LogP contribution in [0.4, 0.5) is 0 Å². The van der Waals surface area contributed by atoms with E-state index in [1.54, 1.807) is 12.4 Å². The average Bonchev–Trinajstić information content (AvgIpc) is 2.31. The summed E-state index contributed by atoms with van der Waals surface area (Å²) in [7, 11) is 0. The highest BCUT2D eigenvalue weighted by Crippen LogP contribution is 2.31. The summed E-state index contributed by atoms with van der Waals surface area (Å²) in [6.45, 7) is 3.03. The van der Waals surface area contributed by atoms with Gasteiger partial charge in [-0.05, 0) is 19.8 Å². The molecular weight excluding hydrogens is 190 g/mol. The van der Waals surface area contributed by atoms with Gasteiger partial charge in [-0.2, -0.15) is 5.26 Å². The Labute approximate surface area is 88.9 Å². The van der Waals surface area contributed by atoms with Crippen molar-refractivity contribution in [2.75, 3.05) is 13.2 Å². The zero-order chi connectivity index (χ0) is 10.7. The second-order valence-corrected chi connectivity index (χ2v) is 3.87. The molecule has 0 radical (unpaired) electrons. The molecule has 4 heteroatoms. The van der Waals surface area contributed by atoms with Gasteiger partial charge in [-0.3, -0.25) is 0 Å². The summed E-state index contributed by atoms with van der Waals surface area (Å²) in [6.07, 6.45) is 5.22. The molecule has 15 heavy (non-hydrogen) atoms. The molecule has 0 unspecified atom stereocenters. The molecule has 1 saturated heterocycles. The van der Waals surface area contributed by atoms with Gasteiger partial charge in [0.25, 0.3) is 0 Å². The molecule has 0 amide bonds. The number of hydrogen-bond donors (Lipinski definition) is 0. The van der Waals surface area contributed by atoms with E-state index in [9.17, 15) is 5.26 Å². The molecule has 1 aliphatic heterocycles. The predicted octanol–water partition coefficient (Wildman–Crippen LogP) is 1.36. The Morgan fingerprint density at radius 2 is 2.20 bits per heavy atom. The highest BCUT2D eigenvalue weighted by atomic mass is 16.5. The first-order valence-electron chi connectivity index (χ1n) is 5.05. The van der Waals surface area contributed by atoms with Gasteiger partial charge in [0.05, 0.1) is 12.7 Å². The van der Waals surface area contributed by atoms with E-state index < -0.39 is 5.41 Å². The van der Waals surface area contributed by atoms with Crippen molar-refractivity contribution >= 4 is 0 Å². The van der Waals surface area contributed by atoms with Crippen LogP contribution < -0.4 is 0 Å². The third kappa shape index (κ3) is 1.83. The second-order valence-electron chi connectivity index (χ2n) is 3.87. The van der Waals surface area contributed by atoms with E-state index >= 15 is 0 Å². The van der Waals surface area contributed by atoms with Crippen molar-refractivity contribution < 1.29 is 4.74 Å². The molecule has 1 atom stereocenters. The molecule has 0 bridgehead atoms. The van der Waals surface area contributed by atoms with Crippen LogP contribution in [-0.2, 0) is 10.2 Å². The third-order valence-electron chi connectivity index (χ3n) is 2.79. The van der Waals surface area contributed by atoms with Crippen LogP contribution in [0.5, 0.6) is 0 Å². The van der Waals surface area contributed by atoms with E-state index in [2.05, 4.69) is 16.0 Å². The SMILES string of the molecule is Cc1ncc([C@]2(C#N)CCCOC2)cn1. The Hall–Kier alpha value is -1.47. The minimum absolute atomic E-state index is 0.454. The molecule has 2 heterocycles. The molecule has 1 aromatic rings. The van der Waals surface area contributed by atoms with Gasteiger partial charge in [-0.1, -0.05) is 0 Å². The van der Waals surface area contributed by atoms with Crippen LogP contribution in [0.1, 0.15) is 24.2 Å². The molecule has 0 spiro atoms. The monoisotopic (exact) mass is 203 g/mol. The van der Waals surface area contributed by atoms with Crippen molar-refractivity contribution in [3.05, 3.63) is 23.8 Å². The van der Waals surface area contributed by atoms with Crippen molar-refractivity contribution in [2.24, 2.45) is 0 Å². The van der Waals surface area contributed by atoms with Crippen LogP contribution in [0, 0.1) is 18.3 Å². The Balaban J connectivity index is 2.33. The molecule has 0 N–H and O–H groups in total. The molecule has 78 valence electrons. The van der Waals surface area contributed by atoms with Gasteiger partial charge in [0.1, 0.15) is 11.2 Å². The van der Waals surface area contributed by atoms with E-state index in [-0.39, 0.29) is 0 Å². The first-order valence-corrected chi connectivity index (χ1v) is 5.05. The number of nitrogens with zero attached hydrogens (tertiary/aromatic N) is 3. The van der Waals surface area contributed by atoms with Gasteiger partial charge in [0.15, 0.2) is 0 Å². The van der Waals surface area contributed by atoms with Gasteiger partial charge in [-0.15, -0.1) is 0 Å². The van der Waals surface area contributed by atoms with E-state index in [1.165, 1.54) is 0 Å². The summed E-state index contributed by atoms with van der Waals surface area (Å²) in [4.78, 5) is 8.26. The highest BCUT2D eigenvalue weighted by Gasteiger charge is 2.35. The molecule has 2 rings (SSSR count). The quantitative estimate of drug-likeness (QED) is 0.691. The van der Waals surface area contributed by atoms with Crippen LogP contribution in [0.2, 0.25) is 0 Å². The fourth-order valence-corrected chi connectivity index (χ4v) is 1.81. The molecule has 1 aromatic heterocycles. The van der Waals surface area contributed by atoms with Crippen molar-refractivity contribution in [1.29, 1.82) is 5.26 Å². The van der Waals surface area contributed by atoms with Gasteiger partial charge in [0.2, 0.25) is 0 Å². The van der Waals surface area contributed by atoms with Crippen molar-refractivity contribution in [3.63, 3.8) is 0 Å². The number of aryl methyl sites for hydroxylation is 1. The number of rotatable bonds is 1. The fraction of sp³-hybridized carbons (Fsp3) is 0.545. The van der Waals surface area contributed by atoms with Gasteiger partial charge >= 0.3 is 0 Å². The zero-order valence-corrected chi connectivity index (χ0v) is 8.73. The molecule has 0 aromatic carbocycles. The fourth-order valence-electron chi connectivity index (χ4n) is 1.81. The maximum atomic E-state index is 9.28. The Morgan fingerprint density at radius 3 is 2.73 bits per heavy atom. The van der Waals surface area contributed by atoms with E-state index in [0.29, 0.717) is 6.61 Å². The lowest BCUT2D eigenvalue weighted by molar-refractivity contribution is 0.0560. The number of ether oxygens (including phenoxy) is 1. The molecule has 0 saturated carbocycles. The van der Waals surface area contributed by atoms with Crippen molar-refractivity contribution in [1.82, 2.24) is 9.97 Å². The highest BCUT2D eigenvalue weighted by molar-refractivity contribution is 5.29. The summed E-state index contributed by atoms with van der Waals surface area (Å²) in [5, 5.41) is 9.28. The van der Waals surface area contributed by atoms with Crippen LogP contribution in [0.25, 0.3) is 0 Å². The summed E-state index contributed by atoms with van der Waals surface area (Å²) in [6, 6.07) is 2.35. The number of hydrogen-bond acceptors (Lipinski definition) is 4. The molecule has 0 aliphatic carbocycles. The third-order valence-corrected chi connectivity index (χ3v) is 2.79. The van der Waals surface area contributed by atoms with Gasteiger partial charge in [0, 0.05) is 24.6 Å². The summed E-state index contributed by atoms with van der Waals surface area (Å²) >= 11 is 0. The summed E-state index contributed by atoms with van der Waals surface area (Å²) < 4.78 is 5.38. The lowest BCUT2D eigenvalue weighted by Gasteiger charge is -2.30.